The van der Waals surface area contributed by atoms with Crippen LogP contribution in [0.2, 0.25) is 0 Å². The van der Waals surface area contributed by atoms with Gasteiger partial charge >= 0.3 is 5.97 Å². The molecular formula is C13H14FIN2O4. The monoisotopic (exact) mass is 408 g/mol. The fourth-order valence-corrected chi connectivity index (χ4v) is 3.31. The molecule has 1 heterocycles. The van der Waals surface area contributed by atoms with E-state index in [1.165, 1.54) is 4.90 Å². The summed E-state index contributed by atoms with van der Waals surface area (Å²) in [4.78, 5) is 23.7. The van der Waals surface area contributed by atoms with Crippen molar-refractivity contribution in [1.82, 2.24) is 0 Å². The molecule has 2 rings (SSSR count). The number of benzene rings is 1. The van der Waals surface area contributed by atoms with Gasteiger partial charge < -0.3 is 10.0 Å². The quantitative estimate of drug-likeness (QED) is 0.470. The van der Waals surface area contributed by atoms with E-state index < -0.39 is 22.2 Å². The van der Waals surface area contributed by atoms with Gasteiger partial charge in [0.05, 0.1) is 8.49 Å². The van der Waals surface area contributed by atoms with Crippen molar-refractivity contribution in [3.8, 4) is 0 Å². The summed E-state index contributed by atoms with van der Waals surface area (Å²) in [5.41, 5.74) is -1.43. The molecule has 114 valence electrons. The average molecular weight is 408 g/mol. The van der Waals surface area contributed by atoms with Crippen LogP contribution >= 0.6 is 22.6 Å². The molecule has 6 nitrogen and oxygen atoms in total. The van der Waals surface area contributed by atoms with Crippen LogP contribution in [0.3, 0.4) is 0 Å². The molecule has 1 atom stereocenters. The number of aliphatic carboxylic acids is 1. The largest absolute Gasteiger partial charge is 0.479 e. The molecule has 1 aromatic carbocycles. The number of rotatable bonds is 4. The van der Waals surface area contributed by atoms with Crippen molar-refractivity contribution in [2.45, 2.75) is 31.7 Å². The van der Waals surface area contributed by atoms with E-state index in [-0.39, 0.29) is 14.9 Å². The minimum Gasteiger partial charge on any atom is -0.479 e. The molecule has 0 saturated carbocycles. The summed E-state index contributed by atoms with van der Waals surface area (Å²) in [5.74, 6) is -1.62. The molecule has 0 bridgehead atoms. The van der Waals surface area contributed by atoms with Gasteiger partial charge in [-0.15, -0.1) is 0 Å². The summed E-state index contributed by atoms with van der Waals surface area (Å²) >= 11 is 1.68. The molecule has 1 saturated heterocycles. The number of carboxylic acids is 1. The van der Waals surface area contributed by atoms with Gasteiger partial charge in [-0.1, -0.05) is 6.92 Å². The van der Waals surface area contributed by atoms with Crippen LogP contribution in [0.1, 0.15) is 26.2 Å². The number of halogens is 2. The van der Waals surface area contributed by atoms with Crippen LogP contribution in [0.15, 0.2) is 12.1 Å². The number of hydrogen-bond acceptors (Lipinski definition) is 4. The first kappa shape index (κ1) is 15.9. The van der Waals surface area contributed by atoms with Crippen molar-refractivity contribution in [2.75, 3.05) is 11.4 Å². The highest BCUT2D eigenvalue weighted by molar-refractivity contribution is 14.1. The Morgan fingerprint density at radius 3 is 2.81 bits per heavy atom. The lowest BCUT2D eigenvalue weighted by molar-refractivity contribution is -0.384. The predicted molar refractivity (Wildman–Crippen MR) is 83.0 cm³/mol. The zero-order chi connectivity index (χ0) is 15.8. The maximum absolute atomic E-state index is 13.8. The lowest BCUT2D eigenvalue weighted by atomic mass is 9.92. The molecule has 0 amide bonds. The highest BCUT2D eigenvalue weighted by Gasteiger charge is 2.48. The van der Waals surface area contributed by atoms with Crippen LogP contribution in [0, 0.1) is 19.5 Å². The third kappa shape index (κ3) is 2.56. The third-order valence-corrected chi connectivity index (χ3v) is 4.80. The van der Waals surface area contributed by atoms with Gasteiger partial charge in [0.1, 0.15) is 17.0 Å². The Hall–Kier alpha value is -1.45. The van der Waals surface area contributed by atoms with E-state index in [9.17, 15) is 24.4 Å². The zero-order valence-electron chi connectivity index (χ0n) is 11.3. The summed E-state index contributed by atoms with van der Waals surface area (Å²) in [6.45, 7) is 2.09. The highest BCUT2D eigenvalue weighted by Crippen LogP contribution is 2.42. The molecule has 1 fully saturated rings. The first-order valence-corrected chi connectivity index (χ1v) is 7.56. The van der Waals surface area contributed by atoms with Crippen LogP contribution in [-0.2, 0) is 4.79 Å². The predicted octanol–water partition coefficient (Wildman–Crippen LogP) is 3.17. The van der Waals surface area contributed by atoms with Gasteiger partial charge in [-0.2, -0.15) is 0 Å². The van der Waals surface area contributed by atoms with E-state index in [0.29, 0.717) is 25.8 Å². The molecule has 1 aromatic rings. The molecule has 0 aromatic heterocycles. The normalized spacial score (nSPS) is 21.6. The van der Waals surface area contributed by atoms with Gasteiger partial charge in [0.2, 0.25) is 0 Å². The molecule has 8 heteroatoms. The molecule has 21 heavy (non-hydrogen) atoms. The van der Waals surface area contributed by atoms with Crippen molar-refractivity contribution >= 4 is 39.9 Å². The lowest BCUT2D eigenvalue weighted by Gasteiger charge is -2.35. The SMILES string of the molecule is CCC1(C(=O)O)CCCN1c1cc(F)c(I)cc1[N+](=O)[O-]. The Morgan fingerprint density at radius 1 is 1.62 bits per heavy atom. The summed E-state index contributed by atoms with van der Waals surface area (Å²) in [6.07, 6.45) is 1.29. The molecule has 0 spiro atoms. The Kier molecular flexibility index (Phi) is 4.35. The Labute approximate surface area is 134 Å². The molecular weight excluding hydrogens is 394 g/mol. The maximum Gasteiger partial charge on any atom is 0.329 e. The van der Waals surface area contributed by atoms with E-state index in [1.54, 1.807) is 29.5 Å². The van der Waals surface area contributed by atoms with Crippen LogP contribution in [-0.4, -0.2) is 28.1 Å². The number of carboxylic acid groups (broad SMARTS) is 1. The second-order valence-electron chi connectivity index (χ2n) is 4.96. The van der Waals surface area contributed by atoms with Gasteiger partial charge in [0.15, 0.2) is 0 Å². The van der Waals surface area contributed by atoms with E-state index in [4.69, 9.17) is 0 Å². The van der Waals surface area contributed by atoms with Crippen molar-refractivity contribution < 1.29 is 19.2 Å². The number of nitro groups is 1. The summed E-state index contributed by atoms with van der Waals surface area (Å²) in [5, 5.41) is 20.8. The molecule has 1 aliphatic rings. The van der Waals surface area contributed by atoms with Gasteiger partial charge in [-0.3, -0.25) is 10.1 Å². The average Bonchev–Trinajstić information content (AvgIpc) is 2.86. The smallest absolute Gasteiger partial charge is 0.329 e. The second kappa shape index (κ2) is 5.74. The molecule has 0 aliphatic carbocycles. The minimum absolute atomic E-state index is 0.0414. The van der Waals surface area contributed by atoms with Crippen molar-refractivity contribution in [3.63, 3.8) is 0 Å². The van der Waals surface area contributed by atoms with E-state index in [0.717, 1.165) is 12.1 Å². The molecule has 1 N–H and O–H groups in total. The van der Waals surface area contributed by atoms with E-state index >= 15 is 0 Å². The van der Waals surface area contributed by atoms with E-state index in [1.807, 2.05) is 0 Å². The number of anilines is 1. The zero-order valence-corrected chi connectivity index (χ0v) is 13.5. The van der Waals surface area contributed by atoms with Crippen LogP contribution in [0.4, 0.5) is 15.8 Å². The summed E-state index contributed by atoms with van der Waals surface area (Å²) < 4.78 is 14.0. The first-order chi connectivity index (χ1) is 9.83. The topological polar surface area (TPSA) is 83.7 Å². The Bertz CT molecular complexity index is 610. The van der Waals surface area contributed by atoms with Crippen LogP contribution in [0.5, 0.6) is 0 Å². The van der Waals surface area contributed by atoms with Crippen molar-refractivity contribution in [1.29, 1.82) is 0 Å². The third-order valence-electron chi connectivity index (χ3n) is 3.98. The highest BCUT2D eigenvalue weighted by atomic mass is 127. The van der Waals surface area contributed by atoms with Gasteiger partial charge in [0, 0.05) is 18.7 Å². The number of carbonyl (C=O) groups is 1. The lowest BCUT2D eigenvalue weighted by Crippen LogP contribution is -2.50. The van der Waals surface area contributed by atoms with Gasteiger partial charge in [0.25, 0.3) is 5.69 Å². The van der Waals surface area contributed by atoms with Crippen molar-refractivity contribution in [2.24, 2.45) is 0 Å². The first-order valence-electron chi connectivity index (χ1n) is 6.48. The van der Waals surface area contributed by atoms with Gasteiger partial charge in [-0.05, 0) is 41.9 Å². The van der Waals surface area contributed by atoms with Crippen LogP contribution < -0.4 is 4.90 Å². The summed E-state index contributed by atoms with van der Waals surface area (Å²) in [6, 6.07) is 2.21. The Morgan fingerprint density at radius 2 is 2.29 bits per heavy atom. The molecule has 1 unspecified atom stereocenters. The number of nitro benzene ring substituents is 1. The maximum atomic E-state index is 13.8. The number of hydrogen-bond donors (Lipinski definition) is 1. The fraction of sp³-hybridized carbons (Fsp3) is 0.462. The molecule has 0 radical (unpaired) electrons. The summed E-state index contributed by atoms with van der Waals surface area (Å²) in [7, 11) is 0. The van der Waals surface area contributed by atoms with Crippen LogP contribution in [0.25, 0.3) is 0 Å². The molecule has 1 aliphatic heterocycles. The Balaban J connectivity index is 2.62. The van der Waals surface area contributed by atoms with Gasteiger partial charge in [-0.25, -0.2) is 9.18 Å². The fourth-order valence-electron chi connectivity index (χ4n) is 2.86. The van der Waals surface area contributed by atoms with Crippen molar-refractivity contribution in [3.05, 3.63) is 31.6 Å². The number of nitrogens with zero attached hydrogens (tertiary/aromatic N) is 2. The minimum atomic E-state index is -1.20. The van der Waals surface area contributed by atoms with E-state index in [2.05, 4.69) is 0 Å². The standard InChI is InChI=1S/C13H14FIN2O4/c1-2-13(12(18)19)4-3-5-16(13)10-6-8(14)9(15)7-11(10)17(20)21/h6-7H,2-5H2,1H3,(H,18,19). The second-order valence-corrected chi connectivity index (χ2v) is 6.12.